The zero-order valence-corrected chi connectivity index (χ0v) is 12.3. The number of likely N-dealkylation sites (N-methyl/N-ethyl adjacent to an activating group) is 1. The van der Waals surface area contributed by atoms with Crippen molar-refractivity contribution in [3.8, 4) is 0 Å². The van der Waals surface area contributed by atoms with Crippen molar-refractivity contribution in [3.63, 3.8) is 0 Å². The molecule has 0 bridgehead atoms. The molecule has 1 fully saturated rings. The lowest BCUT2D eigenvalue weighted by Gasteiger charge is -2.32. The van der Waals surface area contributed by atoms with Crippen LogP contribution in [0, 0.1) is 0 Å². The summed E-state index contributed by atoms with van der Waals surface area (Å²) in [6, 6.07) is 5.16. The maximum absolute atomic E-state index is 12.0. The number of anilines is 1. The molecule has 1 aliphatic heterocycles. The fraction of sp³-hybridized carbons (Fsp3) is 0.462. The van der Waals surface area contributed by atoms with Gasteiger partial charge in [0.25, 0.3) is 0 Å². The van der Waals surface area contributed by atoms with E-state index in [0.717, 1.165) is 26.2 Å². The van der Waals surface area contributed by atoms with Gasteiger partial charge in [-0.15, -0.1) is 0 Å². The number of hydrogen-bond acceptors (Lipinski definition) is 3. The highest BCUT2D eigenvalue weighted by atomic mass is 35.5. The van der Waals surface area contributed by atoms with E-state index in [-0.39, 0.29) is 12.5 Å². The van der Waals surface area contributed by atoms with E-state index in [9.17, 15) is 4.79 Å². The molecule has 1 aromatic rings. The number of nitrogens with one attached hydrogen (secondary N) is 1. The third-order valence-corrected chi connectivity index (χ3v) is 3.78. The van der Waals surface area contributed by atoms with Crippen LogP contribution < -0.4 is 5.32 Å². The van der Waals surface area contributed by atoms with Crippen LogP contribution in [0.2, 0.25) is 10.0 Å². The monoisotopic (exact) mass is 301 g/mol. The van der Waals surface area contributed by atoms with E-state index in [4.69, 9.17) is 23.2 Å². The molecule has 19 heavy (non-hydrogen) atoms. The number of carbonyl (C=O) groups excluding carboxylic acids is 1. The van der Waals surface area contributed by atoms with E-state index in [0.29, 0.717) is 15.7 Å². The number of amides is 1. The Morgan fingerprint density at radius 2 is 1.95 bits per heavy atom. The molecule has 0 atom stereocenters. The number of piperazine rings is 1. The first-order valence-electron chi connectivity index (χ1n) is 6.21. The van der Waals surface area contributed by atoms with E-state index in [1.807, 2.05) is 4.90 Å². The minimum atomic E-state index is 0.0872. The van der Waals surface area contributed by atoms with Crippen molar-refractivity contribution >= 4 is 34.8 Å². The smallest absolute Gasteiger partial charge is 0.241 e. The van der Waals surface area contributed by atoms with Crippen LogP contribution in [-0.4, -0.2) is 55.5 Å². The van der Waals surface area contributed by atoms with Gasteiger partial charge in [0.1, 0.15) is 0 Å². The van der Waals surface area contributed by atoms with Gasteiger partial charge in [0, 0.05) is 31.2 Å². The van der Waals surface area contributed by atoms with Crippen molar-refractivity contribution in [2.75, 3.05) is 45.1 Å². The van der Waals surface area contributed by atoms with Crippen molar-refractivity contribution in [1.82, 2.24) is 9.80 Å². The van der Waals surface area contributed by atoms with Gasteiger partial charge >= 0.3 is 0 Å². The van der Waals surface area contributed by atoms with E-state index >= 15 is 0 Å². The highest BCUT2D eigenvalue weighted by molar-refractivity contribution is 6.35. The van der Waals surface area contributed by atoms with Gasteiger partial charge in [0.15, 0.2) is 0 Å². The first kappa shape index (κ1) is 14.4. The maximum Gasteiger partial charge on any atom is 0.241 e. The number of carbonyl (C=O) groups is 1. The fourth-order valence-electron chi connectivity index (χ4n) is 1.97. The molecule has 0 aromatic heterocycles. The highest BCUT2D eigenvalue weighted by Crippen LogP contribution is 2.25. The number of rotatable bonds is 3. The molecule has 1 heterocycles. The zero-order chi connectivity index (χ0) is 13.8. The summed E-state index contributed by atoms with van der Waals surface area (Å²) in [5.74, 6) is 0.0872. The summed E-state index contributed by atoms with van der Waals surface area (Å²) in [5.41, 5.74) is 0.691. The molecule has 0 spiro atoms. The predicted molar refractivity (Wildman–Crippen MR) is 79.0 cm³/mol. The van der Waals surface area contributed by atoms with Crippen LogP contribution in [0.25, 0.3) is 0 Å². The minimum absolute atomic E-state index is 0.0872. The van der Waals surface area contributed by atoms with E-state index in [1.54, 1.807) is 18.2 Å². The van der Waals surface area contributed by atoms with Gasteiger partial charge in [-0.3, -0.25) is 4.79 Å². The average molecular weight is 302 g/mol. The summed E-state index contributed by atoms with van der Waals surface area (Å²) in [6.07, 6.45) is 0. The van der Waals surface area contributed by atoms with Crippen LogP contribution >= 0.6 is 23.2 Å². The van der Waals surface area contributed by atoms with Crippen molar-refractivity contribution in [1.29, 1.82) is 0 Å². The average Bonchev–Trinajstić information content (AvgIpc) is 2.40. The molecule has 2 rings (SSSR count). The Morgan fingerprint density at radius 3 is 2.63 bits per heavy atom. The summed E-state index contributed by atoms with van der Waals surface area (Å²) in [7, 11) is 2.06. The number of nitrogens with zero attached hydrogens (tertiary/aromatic N) is 2. The standard InChI is InChI=1S/C13H17Cl2N3O/c1-17-4-6-18(7-5-17)13(19)9-16-12-8-10(14)2-3-11(12)15/h2-3,8,16H,4-7,9H2,1H3. The number of hydrogen-bond donors (Lipinski definition) is 1. The van der Waals surface area contributed by atoms with Gasteiger partial charge < -0.3 is 15.1 Å². The Bertz CT molecular complexity index is 459. The Labute approximate surface area is 123 Å². The molecular formula is C13H17Cl2N3O. The van der Waals surface area contributed by atoms with E-state index < -0.39 is 0 Å². The molecule has 6 heteroatoms. The second-order valence-corrected chi connectivity index (χ2v) is 5.51. The molecule has 1 aromatic carbocycles. The Hall–Kier alpha value is -0.970. The van der Waals surface area contributed by atoms with Crippen LogP contribution in [-0.2, 0) is 4.79 Å². The Balaban J connectivity index is 1.88. The SMILES string of the molecule is CN1CCN(C(=O)CNc2cc(Cl)ccc2Cl)CC1. The number of benzene rings is 1. The van der Waals surface area contributed by atoms with E-state index in [2.05, 4.69) is 17.3 Å². The molecule has 0 radical (unpaired) electrons. The molecule has 104 valence electrons. The van der Waals surface area contributed by atoms with Gasteiger partial charge in [-0.25, -0.2) is 0 Å². The lowest BCUT2D eigenvalue weighted by atomic mass is 10.3. The van der Waals surface area contributed by atoms with Crippen LogP contribution in [0.3, 0.4) is 0 Å². The van der Waals surface area contributed by atoms with Crippen molar-refractivity contribution in [3.05, 3.63) is 28.2 Å². The van der Waals surface area contributed by atoms with Gasteiger partial charge in [-0.2, -0.15) is 0 Å². The lowest BCUT2D eigenvalue weighted by molar-refractivity contribution is -0.130. The Kier molecular flexibility index (Phi) is 4.91. The molecule has 1 amide bonds. The van der Waals surface area contributed by atoms with Crippen LogP contribution in [0.15, 0.2) is 18.2 Å². The van der Waals surface area contributed by atoms with Crippen LogP contribution in [0.1, 0.15) is 0 Å². The minimum Gasteiger partial charge on any atom is -0.375 e. The first-order chi connectivity index (χ1) is 9.06. The van der Waals surface area contributed by atoms with Crippen molar-refractivity contribution in [2.24, 2.45) is 0 Å². The predicted octanol–water partition coefficient (Wildman–Crippen LogP) is 2.18. The third-order valence-electron chi connectivity index (χ3n) is 3.21. The second kappa shape index (κ2) is 6.46. The summed E-state index contributed by atoms with van der Waals surface area (Å²) < 4.78 is 0. The van der Waals surface area contributed by atoms with Gasteiger partial charge in [0.2, 0.25) is 5.91 Å². The number of halogens is 2. The van der Waals surface area contributed by atoms with Crippen molar-refractivity contribution < 1.29 is 4.79 Å². The molecule has 0 aliphatic carbocycles. The molecule has 0 saturated carbocycles. The quantitative estimate of drug-likeness (QED) is 0.929. The highest BCUT2D eigenvalue weighted by Gasteiger charge is 2.18. The summed E-state index contributed by atoms with van der Waals surface area (Å²) in [4.78, 5) is 16.1. The normalized spacial score (nSPS) is 16.5. The summed E-state index contributed by atoms with van der Waals surface area (Å²) in [6.45, 7) is 3.64. The van der Waals surface area contributed by atoms with E-state index in [1.165, 1.54) is 0 Å². The largest absolute Gasteiger partial charge is 0.375 e. The Morgan fingerprint density at radius 1 is 1.26 bits per heavy atom. The molecular weight excluding hydrogens is 285 g/mol. The molecule has 0 unspecified atom stereocenters. The first-order valence-corrected chi connectivity index (χ1v) is 6.97. The third kappa shape index (κ3) is 4.00. The maximum atomic E-state index is 12.0. The van der Waals surface area contributed by atoms with Gasteiger partial charge in [-0.1, -0.05) is 23.2 Å². The second-order valence-electron chi connectivity index (χ2n) is 4.66. The van der Waals surface area contributed by atoms with Gasteiger partial charge in [0.05, 0.1) is 17.3 Å². The van der Waals surface area contributed by atoms with Crippen molar-refractivity contribution in [2.45, 2.75) is 0 Å². The fourth-order valence-corrected chi connectivity index (χ4v) is 2.33. The molecule has 1 aliphatic rings. The lowest BCUT2D eigenvalue weighted by Crippen LogP contribution is -2.48. The van der Waals surface area contributed by atoms with Gasteiger partial charge in [-0.05, 0) is 25.2 Å². The van der Waals surface area contributed by atoms with Crippen LogP contribution in [0.4, 0.5) is 5.69 Å². The molecule has 1 N–H and O–H groups in total. The summed E-state index contributed by atoms with van der Waals surface area (Å²) >= 11 is 11.9. The van der Waals surface area contributed by atoms with Crippen LogP contribution in [0.5, 0.6) is 0 Å². The molecule has 1 saturated heterocycles. The topological polar surface area (TPSA) is 35.6 Å². The summed E-state index contributed by atoms with van der Waals surface area (Å²) in [5, 5.41) is 4.20. The molecule has 4 nitrogen and oxygen atoms in total. The zero-order valence-electron chi connectivity index (χ0n) is 10.8.